The molecule has 0 spiro atoms. The smallest absolute Gasteiger partial charge is 0.342 e. The molecule has 6 heteroatoms. The Kier molecular flexibility index (Phi) is 3.99. The van der Waals surface area contributed by atoms with Gasteiger partial charge in [-0.25, -0.2) is 9.18 Å². The first-order valence-corrected chi connectivity index (χ1v) is 5.99. The van der Waals surface area contributed by atoms with Gasteiger partial charge in [0.05, 0.1) is 0 Å². The van der Waals surface area contributed by atoms with Crippen LogP contribution >= 0.6 is 0 Å². The van der Waals surface area contributed by atoms with Crippen LogP contribution in [0.5, 0.6) is 5.75 Å². The molecular formula is C13H14FNO4. The van der Waals surface area contributed by atoms with Crippen molar-refractivity contribution in [2.75, 3.05) is 13.2 Å². The minimum absolute atomic E-state index is 0.144. The molecule has 0 atom stereocenters. The van der Waals surface area contributed by atoms with Gasteiger partial charge in [0.2, 0.25) is 0 Å². The van der Waals surface area contributed by atoms with E-state index in [4.69, 9.17) is 9.84 Å². The molecule has 0 bridgehead atoms. The van der Waals surface area contributed by atoms with E-state index in [9.17, 15) is 14.0 Å². The molecule has 1 aliphatic carbocycles. The van der Waals surface area contributed by atoms with Crippen LogP contribution in [0.2, 0.25) is 0 Å². The Hall–Kier alpha value is -2.11. The van der Waals surface area contributed by atoms with Gasteiger partial charge in [-0.05, 0) is 30.9 Å². The van der Waals surface area contributed by atoms with Crippen molar-refractivity contribution < 1.29 is 23.8 Å². The van der Waals surface area contributed by atoms with Gasteiger partial charge in [0, 0.05) is 6.54 Å². The van der Waals surface area contributed by atoms with Crippen LogP contribution < -0.4 is 10.1 Å². The molecule has 0 aromatic heterocycles. The maximum Gasteiger partial charge on any atom is 0.342 e. The number of aromatic carboxylic acids is 1. The summed E-state index contributed by atoms with van der Waals surface area (Å²) < 4.78 is 18.4. The maximum absolute atomic E-state index is 13.3. The van der Waals surface area contributed by atoms with E-state index in [1.165, 1.54) is 12.1 Å². The van der Waals surface area contributed by atoms with Gasteiger partial charge in [-0.2, -0.15) is 0 Å². The standard InChI is InChI=1S/C13H14FNO4/c14-9-2-1-3-10(12(9)13(17)18)19-7-11(16)15-6-8-4-5-8/h1-3,8H,4-7H2,(H,15,16)(H,17,18). The van der Waals surface area contributed by atoms with Crippen LogP contribution in [0.15, 0.2) is 18.2 Å². The first kappa shape index (κ1) is 13.3. The molecular weight excluding hydrogens is 253 g/mol. The molecule has 0 saturated heterocycles. The number of carbonyl (C=O) groups is 2. The highest BCUT2D eigenvalue weighted by Crippen LogP contribution is 2.27. The first-order valence-electron chi connectivity index (χ1n) is 5.99. The van der Waals surface area contributed by atoms with Crippen molar-refractivity contribution in [3.63, 3.8) is 0 Å². The lowest BCUT2D eigenvalue weighted by Crippen LogP contribution is -2.30. The van der Waals surface area contributed by atoms with E-state index >= 15 is 0 Å². The number of carbonyl (C=O) groups excluding carboxylic acids is 1. The molecule has 0 aliphatic heterocycles. The Balaban J connectivity index is 1.92. The third-order valence-corrected chi connectivity index (χ3v) is 2.83. The Morgan fingerprint density at radius 2 is 2.16 bits per heavy atom. The fraction of sp³-hybridized carbons (Fsp3) is 0.385. The second-order valence-corrected chi connectivity index (χ2v) is 4.45. The van der Waals surface area contributed by atoms with E-state index in [1.807, 2.05) is 0 Å². The van der Waals surface area contributed by atoms with Crippen LogP contribution in [-0.2, 0) is 4.79 Å². The fourth-order valence-corrected chi connectivity index (χ4v) is 1.61. The summed E-state index contributed by atoms with van der Waals surface area (Å²) in [7, 11) is 0. The van der Waals surface area contributed by atoms with E-state index in [1.54, 1.807) is 0 Å². The van der Waals surface area contributed by atoms with Gasteiger partial charge in [-0.3, -0.25) is 4.79 Å². The second-order valence-electron chi connectivity index (χ2n) is 4.45. The van der Waals surface area contributed by atoms with Crippen LogP contribution in [0.3, 0.4) is 0 Å². The van der Waals surface area contributed by atoms with E-state index < -0.39 is 17.3 Å². The molecule has 2 rings (SSSR count). The summed E-state index contributed by atoms with van der Waals surface area (Å²) in [6, 6.07) is 3.68. The van der Waals surface area contributed by atoms with Gasteiger partial charge >= 0.3 is 5.97 Å². The van der Waals surface area contributed by atoms with E-state index in [0.29, 0.717) is 12.5 Å². The molecule has 2 N–H and O–H groups in total. The van der Waals surface area contributed by atoms with Gasteiger partial charge in [0.15, 0.2) is 6.61 Å². The van der Waals surface area contributed by atoms with E-state index in [2.05, 4.69) is 5.32 Å². The highest BCUT2D eigenvalue weighted by Gasteiger charge is 2.22. The number of nitrogens with one attached hydrogen (secondary N) is 1. The summed E-state index contributed by atoms with van der Waals surface area (Å²) >= 11 is 0. The van der Waals surface area contributed by atoms with E-state index in [-0.39, 0.29) is 18.3 Å². The van der Waals surface area contributed by atoms with Crippen molar-refractivity contribution in [2.24, 2.45) is 5.92 Å². The molecule has 19 heavy (non-hydrogen) atoms. The van der Waals surface area contributed by atoms with Gasteiger partial charge in [-0.15, -0.1) is 0 Å². The van der Waals surface area contributed by atoms with E-state index in [0.717, 1.165) is 18.9 Å². The predicted molar refractivity (Wildman–Crippen MR) is 64.6 cm³/mol. The Bertz CT molecular complexity index is 499. The van der Waals surface area contributed by atoms with Crippen molar-refractivity contribution in [1.82, 2.24) is 5.32 Å². The van der Waals surface area contributed by atoms with Crippen LogP contribution in [0.4, 0.5) is 4.39 Å². The average molecular weight is 267 g/mol. The third-order valence-electron chi connectivity index (χ3n) is 2.83. The largest absolute Gasteiger partial charge is 0.483 e. The first-order chi connectivity index (χ1) is 9.08. The van der Waals surface area contributed by atoms with Crippen molar-refractivity contribution in [3.05, 3.63) is 29.6 Å². The Labute approximate surface area is 109 Å². The number of hydrogen-bond acceptors (Lipinski definition) is 3. The van der Waals surface area contributed by atoms with Crippen molar-refractivity contribution in [3.8, 4) is 5.75 Å². The highest BCUT2D eigenvalue weighted by atomic mass is 19.1. The SMILES string of the molecule is O=C(COc1cccc(F)c1C(=O)O)NCC1CC1. The number of rotatable bonds is 6. The molecule has 1 aliphatic rings. The molecule has 0 unspecified atom stereocenters. The molecule has 1 amide bonds. The van der Waals surface area contributed by atoms with Crippen LogP contribution in [0.25, 0.3) is 0 Å². The van der Waals surface area contributed by atoms with Gasteiger partial charge in [-0.1, -0.05) is 6.07 Å². The van der Waals surface area contributed by atoms with Crippen LogP contribution in [-0.4, -0.2) is 30.1 Å². The lowest BCUT2D eigenvalue weighted by molar-refractivity contribution is -0.123. The molecule has 1 fully saturated rings. The third kappa shape index (κ3) is 3.67. The van der Waals surface area contributed by atoms with Crippen LogP contribution in [0, 0.1) is 11.7 Å². The van der Waals surface area contributed by atoms with Gasteiger partial charge in [0.1, 0.15) is 17.1 Å². The molecule has 102 valence electrons. The summed E-state index contributed by atoms with van der Waals surface area (Å²) in [4.78, 5) is 22.3. The van der Waals surface area contributed by atoms with Crippen molar-refractivity contribution in [2.45, 2.75) is 12.8 Å². The summed E-state index contributed by atoms with van der Waals surface area (Å²) in [6.45, 7) is 0.285. The second kappa shape index (κ2) is 5.69. The molecule has 0 heterocycles. The fourth-order valence-electron chi connectivity index (χ4n) is 1.61. The lowest BCUT2D eigenvalue weighted by Gasteiger charge is -2.09. The summed E-state index contributed by atoms with van der Waals surface area (Å²) in [6.07, 6.45) is 2.24. The monoisotopic (exact) mass is 267 g/mol. The molecule has 5 nitrogen and oxygen atoms in total. The number of carboxylic acids is 1. The molecule has 1 aromatic carbocycles. The number of hydrogen-bond donors (Lipinski definition) is 2. The normalized spacial score (nSPS) is 13.9. The van der Waals surface area contributed by atoms with Crippen molar-refractivity contribution >= 4 is 11.9 Å². The average Bonchev–Trinajstić information content (AvgIpc) is 3.17. The quantitative estimate of drug-likeness (QED) is 0.817. The number of carboxylic acid groups (broad SMARTS) is 1. The minimum Gasteiger partial charge on any atom is -0.483 e. The summed E-state index contributed by atoms with van der Waals surface area (Å²) in [5.74, 6) is -2.25. The van der Waals surface area contributed by atoms with Crippen molar-refractivity contribution in [1.29, 1.82) is 0 Å². The predicted octanol–water partition coefficient (Wildman–Crippen LogP) is 1.43. The van der Waals surface area contributed by atoms with Gasteiger partial charge in [0.25, 0.3) is 5.91 Å². The number of ether oxygens (including phenoxy) is 1. The molecule has 1 aromatic rings. The summed E-state index contributed by atoms with van der Waals surface area (Å²) in [5, 5.41) is 11.5. The molecule has 0 radical (unpaired) electrons. The summed E-state index contributed by atoms with van der Waals surface area (Å²) in [5.41, 5.74) is -0.558. The lowest BCUT2D eigenvalue weighted by atomic mass is 10.2. The molecule has 1 saturated carbocycles. The zero-order valence-corrected chi connectivity index (χ0v) is 10.2. The Morgan fingerprint density at radius 3 is 2.79 bits per heavy atom. The number of benzene rings is 1. The number of halogens is 1. The minimum atomic E-state index is -1.42. The zero-order chi connectivity index (χ0) is 13.8. The zero-order valence-electron chi connectivity index (χ0n) is 10.2. The maximum atomic E-state index is 13.3. The Morgan fingerprint density at radius 1 is 1.42 bits per heavy atom. The van der Waals surface area contributed by atoms with Gasteiger partial charge < -0.3 is 15.2 Å². The number of amides is 1. The topological polar surface area (TPSA) is 75.6 Å². The highest BCUT2D eigenvalue weighted by molar-refractivity contribution is 5.91. The van der Waals surface area contributed by atoms with Crippen LogP contribution in [0.1, 0.15) is 23.2 Å².